The Labute approximate surface area is 230 Å². The van der Waals surface area contributed by atoms with Crippen molar-refractivity contribution in [1.82, 2.24) is 20.4 Å². The topological polar surface area (TPSA) is 103 Å². The molecule has 204 valence electrons. The van der Waals surface area contributed by atoms with Crippen molar-refractivity contribution in [3.63, 3.8) is 0 Å². The number of nitriles is 1. The van der Waals surface area contributed by atoms with Crippen molar-refractivity contribution >= 4 is 16.7 Å². The minimum atomic E-state index is -1.04. The van der Waals surface area contributed by atoms with Gasteiger partial charge in [0.2, 0.25) is 0 Å². The van der Waals surface area contributed by atoms with E-state index in [1.54, 1.807) is 55.1 Å². The highest BCUT2D eigenvalue weighted by molar-refractivity contribution is 6.03. The highest BCUT2D eigenvalue weighted by atomic mass is 19.1. The van der Waals surface area contributed by atoms with Crippen molar-refractivity contribution in [2.75, 3.05) is 19.6 Å². The van der Waals surface area contributed by atoms with E-state index in [9.17, 15) is 19.6 Å². The predicted molar refractivity (Wildman–Crippen MR) is 148 cm³/mol. The van der Waals surface area contributed by atoms with Crippen molar-refractivity contribution in [2.45, 2.75) is 38.5 Å². The average Bonchev–Trinajstić information content (AvgIpc) is 3.52. The Bertz CT molecular complexity index is 1690. The van der Waals surface area contributed by atoms with Crippen LogP contribution < -0.4 is 10.6 Å². The largest absolute Gasteiger partial charge is 0.389 e. The van der Waals surface area contributed by atoms with Crippen molar-refractivity contribution in [1.29, 1.82) is 5.26 Å². The fraction of sp³-hybridized carbons (Fsp3) is 0.323. The Balaban J connectivity index is 1.45. The molecule has 1 spiro atoms. The molecule has 0 aliphatic carbocycles. The van der Waals surface area contributed by atoms with Gasteiger partial charge in [-0.2, -0.15) is 10.4 Å². The van der Waals surface area contributed by atoms with Gasteiger partial charge >= 0.3 is 0 Å². The lowest BCUT2D eigenvalue weighted by Crippen LogP contribution is -2.54. The van der Waals surface area contributed by atoms with Gasteiger partial charge in [-0.05, 0) is 61.2 Å². The minimum Gasteiger partial charge on any atom is -0.389 e. The summed E-state index contributed by atoms with van der Waals surface area (Å²) in [5.41, 5.74) is 1.62. The number of nitrogens with one attached hydrogen (secondary N) is 2. The monoisotopic (exact) mass is 541 g/mol. The molecule has 2 aliphatic heterocycles. The summed E-state index contributed by atoms with van der Waals surface area (Å²) in [6, 6.07) is 13.8. The molecule has 2 saturated heterocycles. The van der Waals surface area contributed by atoms with E-state index in [0.717, 1.165) is 26.1 Å². The van der Waals surface area contributed by atoms with Crippen LogP contribution in [0.1, 0.15) is 36.2 Å². The van der Waals surface area contributed by atoms with Crippen LogP contribution in [-0.4, -0.2) is 51.9 Å². The maximum atomic E-state index is 15.7. The summed E-state index contributed by atoms with van der Waals surface area (Å²) in [4.78, 5) is 13.5. The van der Waals surface area contributed by atoms with Gasteiger partial charge in [-0.15, -0.1) is 0 Å². The molecule has 40 heavy (non-hydrogen) atoms. The maximum Gasteiger partial charge on any atom is 0.179 e. The SMILES string of the molecule is CC(C)(O)Cn1ncc2cc(-c3ccc(C(=O)C4CC5(CNC5)CN4)cc3-c3ccc(C#N)c(F)c3)c(F)cc21. The molecular formula is C31H29F2N5O2. The lowest BCUT2D eigenvalue weighted by Gasteiger charge is -2.38. The Morgan fingerprint density at radius 3 is 2.55 bits per heavy atom. The second-order valence-corrected chi connectivity index (χ2v) is 11.7. The third kappa shape index (κ3) is 4.68. The summed E-state index contributed by atoms with van der Waals surface area (Å²) >= 11 is 0. The third-order valence-corrected chi connectivity index (χ3v) is 7.94. The van der Waals surface area contributed by atoms with Gasteiger partial charge in [-0.1, -0.05) is 18.2 Å². The molecule has 3 aromatic carbocycles. The van der Waals surface area contributed by atoms with E-state index < -0.39 is 17.2 Å². The molecule has 4 aromatic rings. The molecule has 0 amide bonds. The molecule has 0 radical (unpaired) electrons. The van der Waals surface area contributed by atoms with E-state index in [-0.39, 0.29) is 34.9 Å². The number of aliphatic hydroxyl groups is 1. The smallest absolute Gasteiger partial charge is 0.179 e. The van der Waals surface area contributed by atoms with Crippen molar-refractivity contribution in [3.05, 3.63) is 77.5 Å². The van der Waals surface area contributed by atoms with E-state index in [1.807, 2.05) is 6.07 Å². The first-order chi connectivity index (χ1) is 19.1. The van der Waals surface area contributed by atoms with E-state index in [0.29, 0.717) is 33.2 Å². The van der Waals surface area contributed by atoms with Crippen LogP contribution in [0.15, 0.2) is 54.7 Å². The van der Waals surface area contributed by atoms with Crippen molar-refractivity contribution in [2.24, 2.45) is 5.41 Å². The first-order valence-corrected chi connectivity index (χ1v) is 13.3. The fourth-order valence-electron chi connectivity index (χ4n) is 5.80. The van der Waals surface area contributed by atoms with Crippen molar-refractivity contribution < 1.29 is 18.7 Å². The zero-order valence-electron chi connectivity index (χ0n) is 22.3. The number of hydrogen-bond donors (Lipinski definition) is 3. The van der Waals surface area contributed by atoms with Crippen LogP contribution in [0.5, 0.6) is 0 Å². The van der Waals surface area contributed by atoms with Gasteiger partial charge in [0.15, 0.2) is 5.78 Å². The number of rotatable bonds is 6. The molecule has 7 nitrogen and oxygen atoms in total. The van der Waals surface area contributed by atoms with Gasteiger partial charge in [0.1, 0.15) is 17.7 Å². The van der Waals surface area contributed by atoms with Gasteiger partial charge in [-0.3, -0.25) is 9.48 Å². The van der Waals surface area contributed by atoms with Crippen LogP contribution in [0.2, 0.25) is 0 Å². The predicted octanol–water partition coefficient (Wildman–Crippen LogP) is 4.43. The lowest BCUT2D eigenvalue weighted by molar-refractivity contribution is 0.0591. The van der Waals surface area contributed by atoms with Crippen LogP contribution in [0.4, 0.5) is 8.78 Å². The number of carbonyl (C=O) groups is 1. The van der Waals surface area contributed by atoms with E-state index in [2.05, 4.69) is 15.7 Å². The van der Waals surface area contributed by atoms with Gasteiger partial charge in [0.05, 0.1) is 35.5 Å². The summed E-state index contributed by atoms with van der Waals surface area (Å²) in [6.45, 7) is 6.03. The Morgan fingerprint density at radius 2 is 1.90 bits per heavy atom. The minimum absolute atomic E-state index is 0.0606. The zero-order valence-corrected chi connectivity index (χ0v) is 22.3. The number of ketones is 1. The number of benzene rings is 3. The molecule has 0 bridgehead atoms. The van der Waals surface area contributed by atoms with Gasteiger partial charge < -0.3 is 15.7 Å². The maximum absolute atomic E-state index is 15.7. The van der Waals surface area contributed by atoms with Crippen LogP contribution in [-0.2, 0) is 6.54 Å². The molecule has 9 heteroatoms. The number of halogens is 2. The quantitative estimate of drug-likeness (QED) is 0.312. The molecule has 3 N–H and O–H groups in total. The summed E-state index contributed by atoms with van der Waals surface area (Å²) in [6.07, 6.45) is 2.35. The van der Waals surface area contributed by atoms with E-state index in [1.165, 1.54) is 18.2 Å². The molecule has 0 saturated carbocycles. The third-order valence-electron chi connectivity index (χ3n) is 7.94. The number of carbonyl (C=O) groups excluding carboxylic acids is 1. The van der Waals surface area contributed by atoms with E-state index >= 15 is 4.39 Å². The first-order valence-electron chi connectivity index (χ1n) is 13.3. The van der Waals surface area contributed by atoms with Crippen LogP contribution in [0, 0.1) is 28.4 Å². The lowest BCUT2D eigenvalue weighted by atomic mass is 9.79. The van der Waals surface area contributed by atoms with Crippen LogP contribution >= 0.6 is 0 Å². The zero-order chi connectivity index (χ0) is 28.2. The Kier molecular flexibility index (Phi) is 6.30. The summed E-state index contributed by atoms with van der Waals surface area (Å²) in [5, 5.41) is 31.1. The number of aromatic nitrogens is 2. The Morgan fingerprint density at radius 1 is 1.10 bits per heavy atom. The molecule has 6 rings (SSSR count). The van der Waals surface area contributed by atoms with E-state index in [4.69, 9.17) is 0 Å². The van der Waals surface area contributed by atoms with Gasteiger partial charge in [0.25, 0.3) is 0 Å². The summed E-state index contributed by atoms with van der Waals surface area (Å²) in [5.74, 6) is -1.27. The Hall–Kier alpha value is -3.97. The van der Waals surface area contributed by atoms with Gasteiger partial charge in [-0.25, -0.2) is 8.78 Å². The fourth-order valence-corrected chi connectivity index (χ4v) is 5.80. The highest BCUT2D eigenvalue weighted by Crippen LogP contribution is 2.38. The molecule has 3 heterocycles. The first kappa shape index (κ1) is 26.3. The van der Waals surface area contributed by atoms with Crippen molar-refractivity contribution in [3.8, 4) is 28.3 Å². The second kappa shape index (κ2) is 9.59. The van der Waals surface area contributed by atoms with Gasteiger partial charge in [0, 0.05) is 47.6 Å². The number of Topliss-reactive ketones (excluding diaryl/α,β-unsaturated/α-hetero) is 1. The standard InChI is InChI=1S/C31H29F2N5O2/c1-30(2,40)17-38-28-10-26(33)24(8-21(28)13-37-38)22-6-5-19(29(39)27-11-31(16-36-27)14-35-15-31)7-23(22)18-3-4-20(12-34)25(32)9-18/h3-10,13,27,35-36,40H,11,14-17H2,1-2H3. The van der Waals surface area contributed by atoms with Crippen LogP contribution in [0.25, 0.3) is 33.2 Å². The highest BCUT2D eigenvalue weighted by Gasteiger charge is 2.45. The second-order valence-electron chi connectivity index (χ2n) is 11.7. The van der Waals surface area contributed by atoms with Crippen LogP contribution in [0.3, 0.4) is 0 Å². The molecule has 2 aliphatic rings. The summed E-state index contributed by atoms with van der Waals surface area (Å²) in [7, 11) is 0. The molecule has 1 atom stereocenters. The molecule has 1 aromatic heterocycles. The normalized spacial score (nSPS) is 18.1. The average molecular weight is 542 g/mol. The number of nitrogens with zero attached hydrogens (tertiary/aromatic N) is 3. The summed E-state index contributed by atoms with van der Waals surface area (Å²) < 4.78 is 32.0. The number of fused-ring (bicyclic) bond motifs is 1. The molecular weight excluding hydrogens is 512 g/mol. The number of hydrogen-bond acceptors (Lipinski definition) is 6. The molecule has 1 unspecified atom stereocenters. The molecule has 2 fully saturated rings.